The molecule has 3 aliphatic rings. The van der Waals surface area contributed by atoms with Crippen LogP contribution in [0.25, 0.3) is 22.1 Å². The molecule has 2 saturated heterocycles. The first-order valence-corrected chi connectivity index (χ1v) is 12.7. The topological polar surface area (TPSA) is 91.2 Å². The number of hydrogen-bond acceptors (Lipinski definition) is 7. The van der Waals surface area contributed by atoms with Crippen LogP contribution in [0.5, 0.6) is 5.88 Å². The number of rotatable bonds is 7. The molecule has 7 rings (SSSR count). The molecule has 2 aliphatic heterocycles. The maximum atomic E-state index is 14.8. The zero-order valence-corrected chi connectivity index (χ0v) is 21.1. The molecule has 8 nitrogen and oxygen atoms in total. The first-order chi connectivity index (χ1) is 17.9. The second-order valence-corrected chi connectivity index (χ2v) is 10.4. The molecular weight excluding hydrogens is 473 g/mol. The van der Waals surface area contributed by atoms with Gasteiger partial charge in [0.2, 0.25) is 5.88 Å². The van der Waals surface area contributed by atoms with Crippen LogP contribution in [-0.4, -0.2) is 44.4 Å². The molecule has 1 N–H and O–H groups in total. The molecule has 192 valence electrons. The van der Waals surface area contributed by atoms with Crippen molar-refractivity contribution < 1.29 is 13.9 Å². The van der Waals surface area contributed by atoms with Gasteiger partial charge in [0.15, 0.2) is 0 Å². The number of methoxy groups -OCH3 is 1. The predicted molar refractivity (Wildman–Crippen MR) is 138 cm³/mol. The standard InChI is InChI=1S/C28H30FN5O3/c1-34-25-18(4-3-13-30-25)14-19(26(34)35)15-32-27-9-11-28(12-10-27,37-17-27)8-7-20-21(29)16-31-22-5-6-23(36-2)33-24(20)22/h3-6,13-14,16,32H,7-12,15,17H2,1-2H3. The third kappa shape index (κ3) is 4.26. The summed E-state index contributed by atoms with van der Waals surface area (Å²) in [6.07, 6.45) is 7.90. The van der Waals surface area contributed by atoms with Gasteiger partial charge in [-0.3, -0.25) is 14.3 Å². The van der Waals surface area contributed by atoms with Gasteiger partial charge >= 0.3 is 0 Å². The molecule has 2 bridgehead atoms. The van der Waals surface area contributed by atoms with Crippen LogP contribution in [0.1, 0.15) is 43.2 Å². The number of halogens is 1. The predicted octanol–water partition coefficient (Wildman–Crippen LogP) is 3.83. The lowest BCUT2D eigenvalue weighted by Gasteiger charge is -2.53. The van der Waals surface area contributed by atoms with Crippen LogP contribution >= 0.6 is 0 Å². The number of nitrogens with zero attached hydrogens (tertiary/aromatic N) is 4. The summed E-state index contributed by atoms with van der Waals surface area (Å²) in [5.41, 5.74) is 2.72. The summed E-state index contributed by atoms with van der Waals surface area (Å²) >= 11 is 0. The highest BCUT2D eigenvalue weighted by atomic mass is 19.1. The lowest BCUT2D eigenvalue weighted by molar-refractivity contribution is -0.165. The van der Waals surface area contributed by atoms with Crippen LogP contribution in [0.2, 0.25) is 0 Å². The van der Waals surface area contributed by atoms with E-state index in [1.807, 2.05) is 18.2 Å². The van der Waals surface area contributed by atoms with Crippen molar-refractivity contribution >= 4 is 22.1 Å². The van der Waals surface area contributed by atoms with Gasteiger partial charge in [-0.05, 0) is 62.8 Å². The smallest absolute Gasteiger partial charge is 0.256 e. The average Bonchev–Trinajstić information content (AvgIpc) is 2.94. The van der Waals surface area contributed by atoms with Crippen molar-refractivity contribution in [1.82, 2.24) is 24.8 Å². The first kappa shape index (κ1) is 23.9. The van der Waals surface area contributed by atoms with Crippen LogP contribution in [-0.2, 0) is 24.8 Å². The minimum atomic E-state index is -0.348. The molecule has 1 aliphatic carbocycles. The number of hydrogen-bond donors (Lipinski definition) is 1. The van der Waals surface area contributed by atoms with E-state index in [0.717, 1.165) is 43.1 Å². The van der Waals surface area contributed by atoms with Crippen LogP contribution in [0.3, 0.4) is 0 Å². The zero-order chi connectivity index (χ0) is 25.6. The summed E-state index contributed by atoms with van der Waals surface area (Å²) in [5.74, 6) is 0.0960. The highest BCUT2D eigenvalue weighted by Crippen LogP contribution is 2.46. The quantitative estimate of drug-likeness (QED) is 0.410. The Hall–Kier alpha value is -3.43. The molecule has 6 heterocycles. The van der Waals surface area contributed by atoms with Crippen LogP contribution in [0.15, 0.2) is 47.5 Å². The summed E-state index contributed by atoms with van der Waals surface area (Å²) in [7, 11) is 3.31. The molecule has 9 heteroatoms. The SMILES string of the molecule is COc1ccc2ncc(F)c(CCC34CCC(NCc5cc6cccnc6n(C)c5=O)(CC3)CO4)c2n1. The Kier molecular flexibility index (Phi) is 5.92. The van der Waals surface area contributed by atoms with Crippen LogP contribution in [0.4, 0.5) is 4.39 Å². The first-order valence-electron chi connectivity index (χ1n) is 12.7. The monoisotopic (exact) mass is 503 g/mol. The summed E-state index contributed by atoms with van der Waals surface area (Å²) in [6, 6.07) is 9.33. The second kappa shape index (κ2) is 9.15. The molecule has 0 unspecified atom stereocenters. The molecule has 0 spiro atoms. The number of fused-ring (bicyclic) bond motifs is 5. The van der Waals surface area contributed by atoms with Crippen LogP contribution in [0, 0.1) is 5.82 Å². The average molecular weight is 504 g/mol. The van der Waals surface area contributed by atoms with E-state index in [9.17, 15) is 9.18 Å². The lowest BCUT2D eigenvalue weighted by atomic mass is 9.69. The highest BCUT2D eigenvalue weighted by Gasteiger charge is 2.49. The molecule has 3 fully saturated rings. The lowest BCUT2D eigenvalue weighted by Crippen LogP contribution is -2.61. The summed E-state index contributed by atoms with van der Waals surface area (Å²) < 4.78 is 28.1. The fourth-order valence-corrected chi connectivity index (χ4v) is 5.87. The Morgan fingerprint density at radius 3 is 2.78 bits per heavy atom. The molecule has 1 saturated carbocycles. The van der Waals surface area contributed by atoms with Crippen molar-refractivity contribution in [1.29, 1.82) is 0 Å². The number of ether oxygens (including phenoxy) is 2. The third-order valence-corrected chi connectivity index (χ3v) is 8.25. The van der Waals surface area contributed by atoms with E-state index in [-0.39, 0.29) is 22.5 Å². The number of nitrogens with one attached hydrogen (secondary N) is 1. The summed E-state index contributed by atoms with van der Waals surface area (Å²) in [6.45, 7) is 1.06. The van der Waals surface area contributed by atoms with E-state index in [1.54, 1.807) is 37.1 Å². The molecule has 4 aromatic heterocycles. The second-order valence-electron chi connectivity index (χ2n) is 10.4. The van der Waals surface area contributed by atoms with Gasteiger partial charge < -0.3 is 14.8 Å². The fourth-order valence-electron chi connectivity index (χ4n) is 5.87. The minimum Gasteiger partial charge on any atom is -0.481 e. The van der Waals surface area contributed by atoms with Crippen molar-refractivity contribution in [2.75, 3.05) is 13.7 Å². The summed E-state index contributed by atoms with van der Waals surface area (Å²) in [4.78, 5) is 25.9. The highest BCUT2D eigenvalue weighted by molar-refractivity contribution is 5.78. The Morgan fingerprint density at radius 1 is 1.19 bits per heavy atom. The van der Waals surface area contributed by atoms with E-state index in [2.05, 4.69) is 20.3 Å². The van der Waals surface area contributed by atoms with Gasteiger partial charge in [-0.1, -0.05) is 0 Å². The number of aromatic nitrogens is 4. The third-order valence-electron chi connectivity index (χ3n) is 8.25. The van der Waals surface area contributed by atoms with Crippen molar-refractivity contribution in [2.24, 2.45) is 7.05 Å². The number of pyridine rings is 4. The normalized spacial score (nSPS) is 23.1. The molecule has 37 heavy (non-hydrogen) atoms. The van der Waals surface area contributed by atoms with Gasteiger partial charge in [-0.15, -0.1) is 0 Å². The van der Waals surface area contributed by atoms with E-state index in [4.69, 9.17) is 9.47 Å². The van der Waals surface area contributed by atoms with Gasteiger partial charge in [0.25, 0.3) is 5.56 Å². The van der Waals surface area contributed by atoms with E-state index >= 15 is 0 Å². The Bertz CT molecular complexity index is 1530. The van der Waals surface area contributed by atoms with E-state index in [1.165, 1.54) is 6.20 Å². The van der Waals surface area contributed by atoms with Gasteiger partial charge in [0, 0.05) is 47.9 Å². The number of aryl methyl sites for hydroxylation is 2. The van der Waals surface area contributed by atoms with Crippen molar-refractivity contribution in [2.45, 2.75) is 56.2 Å². The van der Waals surface area contributed by atoms with Gasteiger partial charge in [0.05, 0.1) is 36.5 Å². The van der Waals surface area contributed by atoms with E-state index < -0.39 is 0 Å². The fraction of sp³-hybridized carbons (Fsp3) is 0.429. The maximum absolute atomic E-state index is 14.8. The molecular formula is C28H30FN5O3. The van der Waals surface area contributed by atoms with Crippen molar-refractivity contribution in [3.05, 3.63) is 70.0 Å². The Labute approximate surface area is 213 Å². The molecule has 4 aromatic rings. The summed E-state index contributed by atoms with van der Waals surface area (Å²) in [5, 5.41) is 4.61. The van der Waals surface area contributed by atoms with Gasteiger partial charge in [0.1, 0.15) is 11.5 Å². The van der Waals surface area contributed by atoms with Crippen LogP contribution < -0.4 is 15.6 Å². The molecule has 0 amide bonds. The van der Waals surface area contributed by atoms with Gasteiger partial charge in [-0.25, -0.2) is 14.4 Å². The van der Waals surface area contributed by atoms with Crippen molar-refractivity contribution in [3.8, 4) is 5.88 Å². The molecule has 0 aromatic carbocycles. The Morgan fingerprint density at radius 2 is 2.03 bits per heavy atom. The maximum Gasteiger partial charge on any atom is 0.256 e. The minimum absolute atomic E-state index is 0.0335. The Balaban J connectivity index is 1.14. The van der Waals surface area contributed by atoms with Gasteiger partial charge in [-0.2, -0.15) is 0 Å². The zero-order valence-electron chi connectivity index (χ0n) is 21.1. The largest absolute Gasteiger partial charge is 0.481 e. The molecule has 0 radical (unpaired) electrons. The molecule has 0 atom stereocenters. The van der Waals surface area contributed by atoms with E-state index in [0.29, 0.717) is 47.7 Å². The van der Waals surface area contributed by atoms with Crippen molar-refractivity contribution in [3.63, 3.8) is 0 Å².